The van der Waals surface area contributed by atoms with Gasteiger partial charge in [0.25, 0.3) is 0 Å². The average Bonchev–Trinajstić information content (AvgIpc) is 3.94. The van der Waals surface area contributed by atoms with Gasteiger partial charge in [-0.3, -0.25) is 9.52 Å². The van der Waals surface area contributed by atoms with E-state index in [1.807, 2.05) is 32.9 Å². The van der Waals surface area contributed by atoms with Crippen LogP contribution in [0.3, 0.4) is 0 Å². The van der Waals surface area contributed by atoms with Crippen molar-refractivity contribution in [1.29, 1.82) is 0 Å². The van der Waals surface area contributed by atoms with Crippen LogP contribution in [0, 0.1) is 29.1 Å². The van der Waals surface area contributed by atoms with Crippen LogP contribution in [0.5, 0.6) is 5.75 Å². The molecule has 0 radical (unpaired) electrons. The van der Waals surface area contributed by atoms with Gasteiger partial charge >= 0.3 is 5.97 Å². The number of carboxylic acids is 1. The van der Waals surface area contributed by atoms with E-state index in [0.29, 0.717) is 11.5 Å². The van der Waals surface area contributed by atoms with Crippen molar-refractivity contribution in [2.75, 3.05) is 22.0 Å². The van der Waals surface area contributed by atoms with Crippen LogP contribution in [0.1, 0.15) is 84.6 Å². The van der Waals surface area contributed by atoms with Gasteiger partial charge in [0, 0.05) is 12.0 Å². The minimum Gasteiger partial charge on any atom is -0.492 e. The molecule has 0 bridgehead atoms. The van der Waals surface area contributed by atoms with Crippen molar-refractivity contribution in [3.8, 4) is 5.75 Å². The van der Waals surface area contributed by atoms with Crippen molar-refractivity contribution >= 4 is 49.2 Å². The molecule has 0 saturated heterocycles. The van der Waals surface area contributed by atoms with Crippen LogP contribution in [0.25, 0.3) is 0 Å². The number of halogens is 6. The topological polar surface area (TPSA) is 113 Å². The van der Waals surface area contributed by atoms with E-state index in [4.69, 9.17) is 4.74 Å². The van der Waals surface area contributed by atoms with Gasteiger partial charge in [-0.1, -0.05) is 51.1 Å². The van der Waals surface area contributed by atoms with Crippen LogP contribution >= 0.6 is 15.9 Å². The van der Waals surface area contributed by atoms with Crippen molar-refractivity contribution < 1.29 is 49.8 Å². The molecule has 0 aromatic heterocycles. The highest BCUT2D eigenvalue weighted by molar-refractivity contribution is 9.10. The Hall–Kier alpha value is -4.50. The smallest absolute Gasteiger partial charge is 0.335 e. The number of aromatic carboxylic acids is 1. The maximum Gasteiger partial charge on any atom is 0.335 e. The zero-order valence-electron chi connectivity index (χ0n) is 29.1. The first-order chi connectivity index (χ1) is 24.8. The molecule has 282 valence electrons. The lowest BCUT2D eigenvalue weighted by atomic mass is 9.84. The SMILES string of the molecule is CCOc1cc(C(=O)O)ccc1N(Cc1cc(C2CC2)cc(C(C)(C)C)c1)C(=O)CS(=O)(=O)Nc1c(F)c(F)c(Cc2cccc(Br)c2F)c(F)c1F. The van der Waals surface area contributed by atoms with E-state index in [-0.39, 0.29) is 45.6 Å². The van der Waals surface area contributed by atoms with Crippen molar-refractivity contribution in [3.63, 3.8) is 0 Å². The fourth-order valence-electron chi connectivity index (χ4n) is 5.76. The fourth-order valence-corrected chi connectivity index (χ4v) is 7.21. The third-order valence-electron chi connectivity index (χ3n) is 8.69. The number of anilines is 2. The van der Waals surface area contributed by atoms with Crippen LogP contribution in [0.15, 0.2) is 59.1 Å². The second-order valence-corrected chi connectivity index (χ2v) is 16.3. The molecule has 53 heavy (non-hydrogen) atoms. The molecule has 4 aromatic rings. The van der Waals surface area contributed by atoms with Gasteiger partial charge in [-0.25, -0.2) is 35.2 Å². The van der Waals surface area contributed by atoms with Gasteiger partial charge in [0.2, 0.25) is 15.9 Å². The van der Waals surface area contributed by atoms with Crippen molar-refractivity contribution in [3.05, 3.63) is 122 Å². The monoisotopic (exact) mass is 822 g/mol. The number of sulfonamides is 1. The molecule has 5 rings (SSSR count). The Morgan fingerprint density at radius 2 is 1.60 bits per heavy atom. The lowest BCUT2D eigenvalue weighted by Gasteiger charge is -2.27. The lowest BCUT2D eigenvalue weighted by Crippen LogP contribution is -2.37. The fraction of sp³-hybridized carbons (Fsp3) is 0.316. The van der Waals surface area contributed by atoms with Crippen LogP contribution < -0.4 is 14.4 Å². The molecule has 1 fully saturated rings. The summed E-state index contributed by atoms with van der Waals surface area (Å²) in [5, 5.41) is 9.58. The molecular formula is C38H36BrF5N2O6S. The van der Waals surface area contributed by atoms with E-state index in [2.05, 4.69) is 22.0 Å². The Morgan fingerprint density at radius 3 is 2.19 bits per heavy atom. The number of carbonyl (C=O) groups excluding carboxylic acids is 1. The number of rotatable bonds is 13. The second kappa shape index (κ2) is 15.5. The zero-order chi connectivity index (χ0) is 39.0. The Bertz CT molecular complexity index is 2180. The molecule has 1 saturated carbocycles. The first-order valence-electron chi connectivity index (χ1n) is 16.5. The summed E-state index contributed by atoms with van der Waals surface area (Å²) in [5.41, 5.74) is -1.06. The molecule has 0 aliphatic heterocycles. The second-order valence-electron chi connectivity index (χ2n) is 13.7. The third-order valence-corrected chi connectivity index (χ3v) is 10.4. The molecule has 8 nitrogen and oxygen atoms in total. The highest BCUT2D eigenvalue weighted by Gasteiger charge is 2.32. The molecule has 1 aliphatic rings. The van der Waals surface area contributed by atoms with Crippen LogP contribution in [0.2, 0.25) is 0 Å². The van der Waals surface area contributed by atoms with E-state index >= 15 is 17.6 Å². The molecule has 2 N–H and O–H groups in total. The van der Waals surface area contributed by atoms with Crippen LogP contribution in [0.4, 0.5) is 33.3 Å². The number of nitrogens with one attached hydrogen (secondary N) is 1. The zero-order valence-corrected chi connectivity index (χ0v) is 31.5. The van der Waals surface area contributed by atoms with E-state index in [0.717, 1.165) is 34.9 Å². The standard InChI is InChI=1S/C38H36BrF5N2O6S/c1-5-52-29-17-23(37(48)49)11-12-28(29)46(18-20-13-24(21-9-10-21)15-25(14-20)38(2,3)4)30(47)19-53(50,51)45-36-34(43)32(41)26(33(42)35(36)44)16-22-7-6-8-27(39)31(22)40/h6-8,11-15,17,21,45H,5,9-10,16,18-19H2,1-4H3,(H,48,49). The molecular weight excluding hydrogens is 787 g/mol. The van der Waals surface area contributed by atoms with Crippen molar-refractivity contribution in [2.45, 2.75) is 64.8 Å². The summed E-state index contributed by atoms with van der Waals surface area (Å²) in [6.07, 6.45) is 1.04. The summed E-state index contributed by atoms with van der Waals surface area (Å²) in [6, 6.07) is 13.3. The Labute approximate surface area is 312 Å². The van der Waals surface area contributed by atoms with E-state index in [9.17, 15) is 27.5 Å². The predicted molar refractivity (Wildman–Crippen MR) is 193 cm³/mol. The average molecular weight is 824 g/mol. The van der Waals surface area contributed by atoms with Crippen LogP contribution in [-0.2, 0) is 33.2 Å². The number of carboxylic acid groups (broad SMARTS) is 1. The highest BCUT2D eigenvalue weighted by atomic mass is 79.9. The Kier molecular flexibility index (Phi) is 11.6. The predicted octanol–water partition coefficient (Wildman–Crippen LogP) is 8.98. The summed E-state index contributed by atoms with van der Waals surface area (Å²) < 4.78 is 109. The number of nitrogens with zero attached hydrogens (tertiary/aromatic N) is 1. The summed E-state index contributed by atoms with van der Waals surface area (Å²) in [6.45, 7) is 7.47. The third kappa shape index (κ3) is 9.01. The van der Waals surface area contributed by atoms with E-state index < -0.39 is 74.4 Å². The first kappa shape index (κ1) is 39.7. The molecule has 15 heteroatoms. The summed E-state index contributed by atoms with van der Waals surface area (Å²) in [4.78, 5) is 26.8. The Morgan fingerprint density at radius 1 is 0.943 bits per heavy atom. The number of hydrogen-bond donors (Lipinski definition) is 2. The quantitative estimate of drug-likeness (QED) is 0.103. The molecule has 0 atom stereocenters. The normalized spacial score (nSPS) is 13.2. The summed E-state index contributed by atoms with van der Waals surface area (Å²) >= 11 is 2.93. The molecule has 4 aromatic carbocycles. The van der Waals surface area contributed by atoms with Crippen molar-refractivity contribution in [2.24, 2.45) is 0 Å². The Balaban J connectivity index is 1.52. The molecule has 0 spiro atoms. The van der Waals surface area contributed by atoms with Crippen molar-refractivity contribution in [1.82, 2.24) is 0 Å². The maximum absolute atomic E-state index is 15.3. The van der Waals surface area contributed by atoms with E-state index in [1.54, 1.807) is 6.92 Å². The van der Waals surface area contributed by atoms with Gasteiger partial charge in [0.05, 0.1) is 28.9 Å². The van der Waals surface area contributed by atoms with Crippen LogP contribution in [-0.4, -0.2) is 37.8 Å². The summed E-state index contributed by atoms with van der Waals surface area (Å²) in [7, 11) is -5.09. The highest BCUT2D eigenvalue weighted by Crippen LogP contribution is 2.42. The van der Waals surface area contributed by atoms with Gasteiger partial charge in [-0.2, -0.15) is 0 Å². The first-order valence-corrected chi connectivity index (χ1v) is 19.0. The largest absolute Gasteiger partial charge is 0.492 e. The summed E-state index contributed by atoms with van der Waals surface area (Å²) in [5.74, 6) is -12.7. The molecule has 1 aliphatic carbocycles. The number of benzene rings is 4. The van der Waals surface area contributed by atoms with Gasteiger partial charge in [-0.05, 0) is 93.5 Å². The van der Waals surface area contributed by atoms with E-state index in [1.165, 1.54) is 35.1 Å². The molecule has 1 amide bonds. The molecule has 0 unspecified atom stereocenters. The maximum atomic E-state index is 15.3. The van der Waals surface area contributed by atoms with Gasteiger partial charge in [-0.15, -0.1) is 0 Å². The minimum absolute atomic E-state index is 0.00441. The van der Waals surface area contributed by atoms with Gasteiger partial charge in [0.1, 0.15) is 23.0 Å². The number of hydrogen-bond acceptors (Lipinski definition) is 5. The van der Waals surface area contributed by atoms with Gasteiger partial charge in [0.15, 0.2) is 23.3 Å². The minimum atomic E-state index is -5.09. The lowest BCUT2D eigenvalue weighted by molar-refractivity contribution is -0.116. The number of ether oxygens (including phenoxy) is 1. The molecule has 0 heterocycles. The number of amides is 1. The van der Waals surface area contributed by atoms with Gasteiger partial charge < -0.3 is 14.7 Å². The number of carbonyl (C=O) groups is 2.